The van der Waals surface area contributed by atoms with E-state index in [2.05, 4.69) is 26.0 Å². The van der Waals surface area contributed by atoms with Crippen LogP contribution in [0.15, 0.2) is 24.3 Å². The number of benzene rings is 1. The van der Waals surface area contributed by atoms with Crippen molar-refractivity contribution in [3.8, 4) is 5.75 Å². The predicted molar refractivity (Wildman–Crippen MR) is 56.3 cm³/mol. The number of para-hydroxylation sites is 1. The molecule has 0 spiro atoms. The van der Waals surface area contributed by atoms with Crippen LogP contribution in [-0.2, 0) is 0 Å². The van der Waals surface area contributed by atoms with Gasteiger partial charge in [0.2, 0.25) is 0 Å². The zero-order valence-corrected chi connectivity index (χ0v) is 8.71. The molecule has 0 aromatic heterocycles. The van der Waals surface area contributed by atoms with Crippen molar-refractivity contribution in [3.05, 3.63) is 29.8 Å². The Labute approximate surface area is 80.7 Å². The van der Waals surface area contributed by atoms with Crippen LogP contribution in [-0.4, -0.2) is 6.61 Å². The monoisotopic (exact) mass is 178 g/mol. The molecule has 0 aliphatic heterocycles. The molecule has 1 aromatic carbocycles. The van der Waals surface area contributed by atoms with Crippen molar-refractivity contribution in [1.82, 2.24) is 0 Å². The van der Waals surface area contributed by atoms with Gasteiger partial charge in [0.1, 0.15) is 5.75 Å². The highest BCUT2D eigenvalue weighted by Gasteiger charge is 2.08. The van der Waals surface area contributed by atoms with E-state index in [-0.39, 0.29) is 0 Å². The minimum Gasteiger partial charge on any atom is -0.494 e. The summed E-state index contributed by atoms with van der Waals surface area (Å²) in [5.41, 5.74) is 1.33. The summed E-state index contributed by atoms with van der Waals surface area (Å²) < 4.78 is 5.56. The van der Waals surface area contributed by atoms with Crippen LogP contribution >= 0.6 is 0 Å². The van der Waals surface area contributed by atoms with Crippen LogP contribution in [0.3, 0.4) is 0 Å². The zero-order chi connectivity index (χ0) is 9.68. The van der Waals surface area contributed by atoms with E-state index in [1.54, 1.807) is 0 Å². The summed E-state index contributed by atoms with van der Waals surface area (Å²) in [5.74, 6) is 1.63. The van der Waals surface area contributed by atoms with Gasteiger partial charge < -0.3 is 4.74 Å². The molecule has 72 valence electrons. The highest BCUT2D eigenvalue weighted by Crippen LogP contribution is 2.28. The van der Waals surface area contributed by atoms with E-state index in [4.69, 9.17) is 4.74 Å². The quantitative estimate of drug-likeness (QED) is 0.684. The molecule has 13 heavy (non-hydrogen) atoms. The molecule has 1 aromatic rings. The largest absolute Gasteiger partial charge is 0.494 e. The third kappa shape index (κ3) is 2.48. The topological polar surface area (TPSA) is 9.23 Å². The summed E-state index contributed by atoms with van der Waals surface area (Å²) >= 11 is 0. The molecule has 0 radical (unpaired) electrons. The lowest BCUT2D eigenvalue weighted by Crippen LogP contribution is -1.99. The second kappa shape index (κ2) is 4.90. The van der Waals surface area contributed by atoms with Crippen LogP contribution in [0.1, 0.15) is 38.7 Å². The van der Waals surface area contributed by atoms with E-state index in [9.17, 15) is 0 Å². The van der Waals surface area contributed by atoms with E-state index in [1.165, 1.54) is 5.56 Å². The number of hydrogen-bond acceptors (Lipinski definition) is 1. The molecule has 1 nitrogen and oxygen atoms in total. The summed E-state index contributed by atoms with van der Waals surface area (Å²) in [4.78, 5) is 0. The second-order valence-electron chi connectivity index (χ2n) is 3.28. The van der Waals surface area contributed by atoms with Crippen LogP contribution in [0, 0.1) is 0 Å². The average Bonchev–Trinajstić information content (AvgIpc) is 2.18. The maximum Gasteiger partial charge on any atom is 0.122 e. The molecule has 0 aliphatic carbocycles. The predicted octanol–water partition coefficient (Wildman–Crippen LogP) is 3.60. The van der Waals surface area contributed by atoms with E-state index >= 15 is 0 Å². The Balaban J connectivity index is 2.90. The molecule has 0 heterocycles. The molecule has 0 bridgehead atoms. The Morgan fingerprint density at radius 2 is 1.92 bits per heavy atom. The van der Waals surface area contributed by atoms with Crippen LogP contribution in [0.4, 0.5) is 0 Å². The third-order valence-corrected chi connectivity index (χ3v) is 2.36. The van der Waals surface area contributed by atoms with Gasteiger partial charge in [-0.15, -0.1) is 0 Å². The molecule has 0 aliphatic rings. The number of ether oxygens (including phenoxy) is 1. The highest BCUT2D eigenvalue weighted by atomic mass is 16.5. The first-order chi connectivity index (χ1) is 6.29. The lowest BCUT2D eigenvalue weighted by Gasteiger charge is -2.14. The first kappa shape index (κ1) is 10.1. The minimum atomic E-state index is 0.586. The van der Waals surface area contributed by atoms with Crippen molar-refractivity contribution >= 4 is 0 Å². The molecule has 1 heteroatoms. The molecule has 1 rings (SSSR count). The molecule has 0 amide bonds. The normalized spacial score (nSPS) is 12.5. The minimum absolute atomic E-state index is 0.586. The standard InChI is InChI=1S/C12H18O/c1-4-10(3)11-8-6-7-9-12(11)13-5-2/h6-10H,4-5H2,1-3H3. The summed E-state index contributed by atoms with van der Waals surface area (Å²) in [6, 6.07) is 8.30. The van der Waals surface area contributed by atoms with E-state index in [1.807, 2.05) is 19.1 Å². The molecule has 1 unspecified atom stereocenters. The SMILES string of the molecule is CCOc1ccccc1C(C)CC. The molecular formula is C12H18O. The molecule has 0 saturated heterocycles. The zero-order valence-electron chi connectivity index (χ0n) is 8.71. The fourth-order valence-electron chi connectivity index (χ4n) is 1.39. The van der Waals surface area contributed by atoms with Gasteiger partial charge in [-0.2, -0.15) is 0 Å². The fourth-order valence-corrected chi connectivity index (χ4v) is 1.39. The van der Waals surface area contributed by atoms with Crippen molar-refractivity contribution in [2.24, 2.45) is 0 Å². The first-order valence-corrected chi connectivity index (χ1v) is 5.01. The van der Waals surface area contributed by atoms with Crippen molar-refractivity contribution in [2.75, 3.05) is 6.61 Å². The maximum absolute atomic E-state index is 5.56. The van der Waals surface area contributed by atoms with Crippen LogP contribution < -0.4 is 4.74 Å². The maximum atomic E-state index is 5.56. The van der Waals surface area contributed by atoms with Gasteiger partial charge in [-0.3, -0.25) is 0 Å². The first-order valence-electron chi connectivity index (χ1n) is 5.01. The second-order valence-corrected chi connectivity index (χ2v) is 3.28. The van der Waals surface area contributed by atoms with Gasteiger partial charge in [0, 0.05) is 0 Å². The van der Waals surface area contributed by atoms with Crippen LogP contribution in [0.2, 0.25) is 0 Å². The van der Waals surface area contributed by atoms with Crippen molar-refractivity contribution in [3.63, 3.8) is 0 Å². The van der Waals surface area contributed by atoms with Crippen LogP contribution in [0.25, 0.3) is 0 Å². The van der Waals surface area contributed by atoms with Gasteiger partial charge >= 0.3 is 0 Å². The van der Waals surface area contributed by atoms with Gasteiger partial charge in [-0.1, -0.05) is 32.0 Å². The average molecular weight is 178 g/mol. The Morgan fingerprint density at radius 3 is 2.54 bits per heavy atom. The number of rotatable bonds is 4. The van der Waals surface area contributed by atoms with Crippen LogP contribution in [0.5, 0.6) is 5.75 Å². The molecule has 0 fully saturated rings. The molecule has 0 saturated carbocycles. The smallest absolute Gasteiger partial charge is 0.122 e. The van der Waals surface area contributed by atoms with E-state index < -0.39 is 0 Å². The van der Waals surface area contributed by atoms with Gasteiger partial charge in [-0.05, 0) is 30.9 Å². The van der Waals surface area contributed by atoms with Gasteiger partial charge in [0.25, 0.3) is 0 Å². The molecular weight excluding hydrogens is 160 g/mol. The number of hydrogen-bond donors (Lipinski definition) is 0. The Bertz CT molecular complexity index is 255. The third-order valence-electron chi connectivity index (χ3n) is 2.36. The summed E-state index contributed by atoms with van der Waals surface area (Å²) in [7, 11) is 0. The summed E-state index contributed by atoms with van der Waals surface area (Å²) in [5, 5.41) is 0. The Morgan fingerprint density at radius 1 is 1.23 bits per heavy atom. The summed E-state index contributed by atoms with van der Waals surface area (Å²) in [6.45, 7) is 7.20. The van der Waals surface area contributed by atoms with Crippen molar-refractivity contribution in [1.29, 1.82) is 0 Å². The Kier molecular flexibility index (Phi) is 3.81. The highest BCUT2D eigenvalue weighted by molar-refractivity contribution is 5.35. The van der Waals surface area contributed by atoms with Crippen molar-refractivity contribution in [2.45, 2.75) is 33.1 Å². The summed E-state index contributed by atoms with van der Waals surface area (Å²) in [6.07, 6.45) is 1.16. The molecule has 1 atom stereocenters. The van der Waals surface area contributed by atoms with Gasteiger partial charge in [-0.25, -0.2) is 0 Å². The van der Waals surface area contributed by atoms with Gasteiger partial charge in [0.05, 0.1) is 6.61 Å². The fraction of sp³-hybridized carbons (Fsp3) is 0.500. The van der Waals surface area contributed by atoms with E-state index in [0.717, 1.165) is 18.8 Å². The lowest BCUT2D eigenvalue weighted by atomic mass is 9.98. The van der Waals surface area contributed by atoms with Crippen molar-refractivity contribution < 1.29 is 4.74 Å². The lowest BCUT2D eigenvalue weighted by molar-refractivity contribution is 0.334. The van der Waals surface area contributed by atoms with Gasteiger partial charge in [0.15, 0.2) is 0 Å². The molecule has 0 N–H and O–H groups in total. The Hall–Kier alpha value is -0.980. The van der Waals surface area contributed by atoms with E-state index in [0.29, 0.717) is 5.92 Å².